The van der Waals surface area contributed by atoms with E-state index in [2.05, 4.69) is 46.3 Å². The van der Waals surface area contributed by atoms with Gasteiger partial charge in [0.15, 0.2) is 0 Å². The molecule has 3 N–H and O–H groups in total. The second-order valence-corrected chi connectivity index (χ2v) is 9.17. The summed E-state index contributed by atoms with van der Waals surface area (Å²) in [5.74, 6) is -0.164. The van der Waals surface area contributed by atoms with E-state index >= 15 is 0 Å². The number of sulfonamides is 1. The summed E-state index contributed by atoms with van der Waals surface area (Å²) in [5.41, 5.74) is 4.52. The lowest BCUT2D eigenvalue weighted by molar-refractivity contribution is -0.117. The predicted molar refractivity (Wildman–Crippen MR) is 116 cm³/mol. The highest BCUT2D eigenvalue weighted by molar-refractivity contribution is 7.89. The Morgan fingerprint density at radius 1 is 1.07 bits per heavy atom. The molecular weight excluding hydrogens is 388 g/mol. The zero-order valence-corrected chi connectivity index (χ0v) is 17.9. The van der Waals surface area contributed by atoms with Crippen molar-refractivity contribution in [2.75, 3.05) is 42.9 Å². The number of rotatable bonds is 5. The van der Waals surface area contributed by atoms with Crippen molar-refractivity contribution >= 4 is 27.3 Å². The van der Waals surface area contributed by atoms with E-state index in [0.29, 0.717) is 5.69 Å². The molecule has 2 aromatic carbocycles. The lowest BCUT2D eigenvalue weighted by Gasteiger charge is -2.35. The smallest absolute Gasteiger partial charge is 0.238 e. The van der Waals surface area contributed by atoms with Crippen molar-refractivity contribution in [3.05, 3.63) is 53.1 Å². The van der Waals surface area contributed by atoms with Gasteiger partial charge in [0.05, 0.1) is 11.4 Å². The molecule has 0 saturated carbocycles. The average Bonchev–Trinajstić information content (AvgIpc) is 2.65. The van der Waals surface area contributed by atoms with Crippen LogP contribution in [0.4, 0.5) is 11.4 Å². The SMILES string of the molecule is Cc1cccc(N2CCN(CC(=O)Nc3cc(S(N)(=O)=O)cc(C)c3C)CC2)c1. The van der Waals surface area contributed by atoms with Crippen LogP contribution in [0.15, 0.2) is 41.3 Å². The van der Waals surface area contributed by atoms with Crippen LogP contribution in [0.5, 0.6) is 0 Å². The van der Waals surface area contributed by atoms with Gasteiger partial charge in [-0.25, -0.2) is 13.6 Å². The maximum atomic E-state index is 12.6. The number of aryl methyl sites for hydroxylation is 2. The van der Waals surface area contributed by atoms with E-state index in [9.17, 15) is 13.2 Å². The third-order valence-corrected chi connectivity index (χ3v) is 6.24. The van der Waals surface area contributed by atoms with Gasteiger partial charge >= 0.3 is 0 Å². The normalized spacial score (nSPS) is 15.4. The molecule has 0 radical (unpaired) electrons. The molecule has 1 aliphatic heterocycles. The Hall–Kier alpha value is -2.42. The molecule has 0 bridgehead atoms. The molecule has 1 amide bonds. The van der Waals surface area contributed by atoms with Crippen LogP contribution in [-0.2, 0) is 14.8 Å². The summed E-state index contributed by atoms with van der Waals surface area (Å²) in [4.78, 5) is 17.0. The van der Waals surface area contributed by atoms with Crippen molar-refractivity contribution in [1.29, 1.82) is 0 Å². The summed E-state index contributed by atoms with van der Waals surface area (Å²) in [7, 11) is -3.83. The number of primary sulfonamides is 1. The van der Waals surface area contributed by atoms with E-state index in [1.165, 1.54) is 23.4 Å². The molecule has 0 aromatic heterocycles. The monoisotopic (exact) mass is 416 g/mol. The Kier molecular flexibility index (Phi) is 6.26. The summed E-state index contributed by atoms with van der Waals surface area (Å²) < 4.78 is 23.3. The van der Waals surface area contributed by atoms with Gasteiger partial charge in [-0.05, 0) is 61.7 Å². The first kappa shape index (κ1) is 21.3. The van der Waals surface area contributed by atoms with Crippen molar-refractivity contribution < 1.29 is 13.2 Å². The predicted octanol–water partition coefficient (Wildman–Crippen LogP) is 2.02. The lowest BCUT2D eigenvalue weighted by Crippen LogP contribution is -2.48. The second-order valence-electron chi connectivity index (χ2n) is 7.61. The van der Waals surface area contributed by atoms with Crippen LogP contribution in [0.3, 0.4) is 0 Å². The minimum Gasteiger partial charge on any atom is -0.369 e. The Labute approximate surface area is 172 Å². The number of nitrogens with zero attached hydrogens (tertiary/aromatic N) is 2. The second kappa shape index (κ2) is 8.52. The van der Waals surface area contributed by atoms with E-state index in [4.69, 9.17) is 5.14 Å². The van der Waals surface area contributed by atoms with Gasteiger partial charge in [-0.2, -0.15) is 0 Å². The van der Waals surface area contributed by atoms with Gasteiger partial charge in [-0.15, -0.1) is 0 Å². The molecule has 1 saturated heterocycles. The fourth-order valence-electron chi connectivity index (χ4n) is 3.50. The molecule has 0 spiro atoms. The van der Waals surface area contributed by atoms with Crippen LogP contribution in [-0.4, -0.2) is 51.9 Å². The molecular formula is C21H28N4O3S. The minimum atomic E-state index is -3.83. The van der Waals surface area contributed by atoms with E-state index in [0.717, 1.165) is 37.3 Å². The number of carbonyl (C=O) groups is 1. The van der Waals surface area contributed by atoms with Crippen molar-refractivity contribution in [1.82, 2.24) is 4.90 Å². The molecule has 1 heterocycles. The zero-order chi connectivity index (χ0) is 21.2. The number of hydrogen-bond acceptors (Lipinski definition) is 5. The Bertz CT molecular complexity index is 1010. The van der Waals surface area contributed by atoms with Crippen LogP contribution < -0.4 is 15.4 Å². The van der Waals surface area contributed by atoms with E-state index in [1.807, 2.05) is 6.92 Å². The van der Waals surface area contributed by atoms with Gasteiger partial charge < -0.3 is 10.2 Å². The van der Waals surface area contributed by atoms with Crippen LogP contribution in [0.25, 0.3) is 0 Å². The van der Waals surface area contributed by atoms with Gasteiger partial charge in [0.2, 0.25) is 15.9 Å². The van der Waals surface area contributed by atoms with E-state index in [-0.39, 0.29) is 17.3 Å². The summed E-state index contributed by atoms with van der Waals surface area (Å²) >= 11 is 0. The van der Waals surface area contributed by atoms with Gasteiger partial charge in [0, 0.05) is 37.6 Å². The number of hydrogen-bond donors (Lipinski definition) is 2. The maximum Gasteiger partial charge on any atom is 0.238 e. The summed E-state index contributed by atoms with van der Waals surface area (Å²) in [6, 6.07) is 11.4. The molecule has 1 aliphatic rings. The summed E-state index contributed by atoms with van der Waals surface area (Å²) in [6.07, 6.45) is 0. The number of benzene rings is 2. The number of carbonyl (C=O) groups excluding carboxylic acids is 1. The third-order valence-electron chi connectivity index (χ3n) is 5.35. The fraction of sp³-hybridized carbons (Fsp3) is 0.381. The lowest BCUT2D eigenvalue weighted by atomic mass is 10.1. The molecule has 8 heteroatoms. The summed E-state index contributed by atoms with van der Waals surface area (Å²) in [6.45, 7) is 9.28. The molecule has 1 fully saturated rings. The number of amides is 1. The van der Waals surface area contributed by atoms with Crippen molar-refractivity contribution in [3.63, 3.8) is 0 Å². The van der Waals surface area contributed by atoms with Crippen LogP contribution >= 0.6 is 0 Å². The third kappa shape index (κ3) is 5.35. The zero-order valence-electron chi connectivity index (χ0n) is 17.1. The van der Waals surface area contributed by atoms with E-state index < -0.39 is 10.0 Å². The standard InChI is InChI=1S/C21H28N4O3S/c1-15-5-4-6-18(11-15)25-9-7-24(8-10-25)14-21(26)23-20-13-19(29(22,27)28)12-16(2)17(20)3/h4-6,11-13H,7-10,14H2,1-3H3,(H,23,26)(H2,22,27,28). The molecule has 0 unspecified atom stereocenters. The number of piperazine rings is 1. The molecule has 2 aromatic rings. The molecule has 0 aliphatic carbocycles. The number of nitrogens with two attached hydrogens (primary N) is 1. The van der Waals surface area contributed by atoms with Crippen molar-refractivity contribution in [3.8, 4) is 0 Å². The van der Waals surface area contributed by atoms with Crippen LogP contribution in [0.2, 0.25) is 0 Å². The van der Waals surface area contributed by atoms with Gasteiger partial charge in [-0.3, -0.25) is 9.69 Å². The quantitative estimate of drug-likeness (QED) is 0.777. The fourth-order valence-corrected chi connectivity index (χ4v) is 4.13. The van der Waals surface area contributed by atoms with Crippen molar-refractivity contribution in [2.24, 2.45) is 5.14 Å². The first-order chi connectivity index (χ1) is 13.6. The molecule has 0 atom stereocenters. The Balaban J connectivity index is 1.60. The summed E-state index contributed by atoms with van der Waals surface area (Å²) in [5, 5.41) is 8.09. The van der Waals surface area contributed by atoms with Crippen molar-refractivity contribution in [2.45, 2.75) is 25.7 Å². The average molecular weight is 417 g/mol. The largest absolute Gasteiger partial charge is 0.369 e. The first-order valence-corrected chi connectivity index (χ1v) is 11.2. The van der Waals surface area contributed by atoms with Crippen LogP contribution in [0.1, 0.15) is 16.7 Å². The highest BCUT2D eigenvalue weighted by Gasteiger charge is 2.20. The Morgan fingerprint density at radius 2 is 1.76 bits per heavy atom. The highest BCUT2D eigenvalue weighted by Crippen LogP contribution is 2.24. The minimum absolute atomic E-state index is 0.00247. The Morgan fingerprint density at radius 3 is 2.38 bits per heavy atom. The van der Waals surface area contributed by atoms with E-state index in [1.54, 1.807) is 6.92 Å². The maximum absolute atomic E-state index is 12.6. The molecule has 29 heavy (non-hydrogen) atoms. The molecule has 156 valence electrons. The molecule has 3 rings (SSSR count). The van der Waals surface area contributed by atoms with Gasteiger partial charge in [0.25, 0.3) is 0 Å². The van der Waals surface area contributed by atoms with Crippen LogP contribution in [0, 0.1) is 20.8 Å². The van der Waals surface area contributed by atoms with Gasteiger partial charge in [0.1, 0.15) is 0 Å². The highest BCUT2D eigenvalue weighted by atomic mass is 32.2. The topological polar surface area (TPSA) is 95.7 Å². The first-order valence-electron chi connectivity index (χ1n) is 9.61. The van der Waals surface area contributed by atoms with Gasteiger partial charge in [-0.1, -0.05) is 12.1 Å². The number of anilines is 2. The number of nitrogens with one attached hydrogen (secondary N) is 1. The molecule has 7 nitrogen and oxygen atoms in total.